The smallest absolute Gasteiger partial charge is 0.317 e. The molecule has 3 unspecified atom stereocenters. The zero-order chi connectivity index (χ0) is 15.9. The van der Waals surface area contributed by atoms with Crippen LogP contribution < -0.4 is 5.32 Å². The Bertz CT molecular complexity index is 350. The SMILES string of the molecule is CCCCN(C)CC1OCC(NC(=O)N2CCOCC2)C1O. The van der Waals surface area contributed by atoms with Crippen LogP contribution in [0.25, 0.3) is 0 Å². The molecule has 2 N–H and O–H groups in total. The number of nitrogens with zero attached hydrogens (tertiary/aromatic N) is 2. The third kappa shape index (κ3) is 4.81. The van der Waals surface area contributed by atoms with Crippen molar-refractivity contribution in [1.82, 2.24) is 15.1 Å². The highest BCUT2D eigenvalue weighted by atomic mass is 16.5. The van der Waals surface area contributed by atoms with Crippen LogP contribution in [0, 0.1) is 0 Å². The molecule has 2 aliphatic heterocycles. The van der Waals surface area contributed by atoms with Crippen LogP contribution >= 0.6 is 0 Å². The van der Waals surface area contributed by atoms with Crippen LogP contribution in [0.15, 0.2) is 0 Å². The van der Waals surface area contributed by atoms with E-state index in [1.54, 1.807) is 4.90 Å². The van der Waals surface area contributed by atoms with E-state index in [2.05, 4.69) is 17.1 Å². The molecule has 0 aromatic carbocycles. The summed E-state index contributed by atoms with van der Waals surface area (Å²) in [7, 11) is 2.03. The summed E-state index contributed by atoms with van der Waals surface area (Å²) in [6.45, 7) is 6.54. The number of aliphatic hydroxyl groups is 1. The minimum Gasteiger partial charge on any atom is -0.388 e. The first-order chi connectivity index (χ1) is 10.6. The summed E-state index contributed by atoms with van der Waals surface area (Å²) in [5.41, 5.74) is 0. The Morgan fingerprint density at radius 3 is 2.82 bits per heavy atom. The molecule has 0 aliphatic carbocycles. The number of amides is 2. The van der Waals surface area contributed by atoms with Gasteiger partial charge in [-0.05, 0) is 20.0 Å². The molecular formula is C15H29N3O4. The van der Waals surface area contributed by atoms with E-state index in [1.807, 2.05) is 7.05 Å². The number of ether oxygens (including phenoxy) is 2. The maximum absolute atomic E-state index is 12.2. The maximum atomic E-state index is 12.2. The van der Waals surface area contributed by atoms with Gasteiger partial charge in [0.05, 0.1) is 32.0 Å². The summed E-state index contributed by atoms with van der Waals surface area (Å²) in [6.07, 6.45) is 1.39. The topological polar surface area (TPSA) is 74.3 Å². The highest BCUT2D eigenvalue weighted by molar-refractivity contribution is 5.74. The fourth-order valence-electron chi connectivity index (χ4n) is 2.81. The number of carbonyl (C=O) groups is 1. The van der Waals surface area contributed by atoms with E-state index in [0.717, 1.165) is 19.4 Å². The Hall–Kier alpha value is -0.890. The third-order valence-corrected chi connectivity index (χ3v) is 4.28. The highest BCUT2D eigenvalue weighted by Gasteiger charge is 2.37. The summed E-state index contributed by atoms with van der Waals surface area (Å²) in [5.74, 6) is 0. The van der Waals surface area contributed by atoms with Crippen LogP contribution in [0.1, 0.15) is 19.8 Å². The number of likely N-dealkylation sites (N-methyl/N-ethyl adjacent to an activating group) is 1. The molecule has 0 aromatic heterocycles. The Morgan fingerprint density at radius 2 is 2.14 bits per heavy atom. The fourth-order valence-corrected chi connectivity index (χ4v) is 2.81. The van der Waals surface area contributed by atoms with E-state index < -0.39 is 6.10 Å². The second-order valence-corrected chi connectivity index (χ2v) is 6.13. The van der Waals surface area contributed by atoms with Gasteiger partial charge in [0.2, 0.25) is 0 Å². The molecule has 2 amide bonds. The molecule has 7 heteroatoms. The number of hydrogen-bond acceptors (Lipinski definition) is 5. The third-order valence-electron chi connectivity index (χ3n) is 4.28. The summed E-state index contributed by atoms with van der Waals surface area (Å²) in [4.78, 5) is 16.0. The van der Waals surface area contributed by atoms with Crippen LogP contribution in [0.3, 0.4) is 0 Å². The first-order valence-corrected chi connectivity index (χ1v) is 8.23. The number of rotatable bonds is 6. The van der Waals surface area contributed by atoms with Gasteiger partial charge in [0, 0.05) is 19.6 Å². The van der Waals surface area contributed by atoms with E-state index in [1.165, 1.54) is 0 Å². The van der Waals surface area contributed by atoms with Crippen molar-refractivity contribution in [2.75, 3.05) is 53.0 Å². The minimum absolute atomic E-state index is 0.143. The second-order valence-electron chi connectivity index (χ2n) is 6.13. The molecule has 2 heterocycles. The lowest BCUT2D eigenvalue weighted by atomic mass is 10.1. The van der Waals surface area contributed by atoms with Crippen molar-refractivity contribution in [2.45, 2.75) is 38.0 Å². The number of carbonyl (C=O) groups excluding carboxylic acids is 1. The van der Waals surface area contributed by atoms with Crippen molar-refractivity contribution < 1.29 is 19.4 Å². The minimum atomic E-state index is -0.658. The average molecular weight is 315 g/mol. The Morgan fingerprint density at radius 1 is 1.41 bits per heavy atom. The van der Waals surface area contributed by atoms with Crippen LogP contribution in [-0.2, 0) is 9.47 Å². The quantitative estimate of drug-likeness (QED) is 0.715. The lowest BCUT2D eigenvalue weighted by molar-refractivity contribution is 0.0197. The monoisotopic (exact) mass is 315 g/mol. The van der Waals surface area contributed by atoms with E-state index >= 15 is 0 Å². The molecule has 0 bridgehead atoms. The number of hydrogen-bond donors (Lipinski definition) is 2. The van der Waals surface area contributed by atoms with Gasteiger partial charge >= 0.3 is 6.03 Å². The predicted molar refractivity (Wildman–Crippen MR) is 82.9 cm³/mol. The number of unbranched alkanes of at least 4 members (excludes halogenated alkanes) is 1. The van der Waals surface area contributed by atoms with Crippen molar-refractivity contribution in [1.29, 1.82) is 0 Å². The van der Waals surface area contributed by atoms with E-state index in [4.69, 9.17) is 9.47 Å². The van der Waals surface area contributed by atoms with Gasteiger partial charge in [-0.15, -0.1) is 0 Å². The first kappa shape index (κ1) is 17.5. The molecule has 0 saturated carbocycles. The van der Waals surface area contributed by atoms with Crippen LogP contribution in [-0.4, -0.2) is 92.2 Å². The number of morpholine rings is 1. The van der Waals surface area contributed by atoms with Gasteiger partial charge in [-0.25, -0.2) is 4.79 Å². The van der Waals surface area contributed by atoms with E-state index in [9.17, 15) is 9.90 Å². The maximum Gasteiger partial charge on any atom is 0.317 e. The van der Waals surface area contributed by atoms with Gasteiger partial charge in [0.25, 0.3) is 0 Å². The van der Waals surface area contributed by atoms with Gasteiger partial charge in [-0.1, -0.05) is 13.3 Å². The zero-order valence-electron chi connectivity index (χ0n) is 13.7. The highest BCUT2D eigenvalue weighted by Crippen LogP contribution is 2.16. The van der Waals surface area contributed by atoms with E-state index in [-0.39, 0.29) is 18.2 Å². The Kier molecular flexibility index (Phi) is 6.88. The molecule has 0 radical (unpaired) electrons. The van der Waals surface area contributed by atoms with Crippen molar-refractivity contribution in [3.05, 3.63) is 0 Å². The number of aliphatic hydroxyl groups excluding tert-OH is 1. The largest absolute Gasteiger partial charge is 0.388 e. The first-order valence-electron chi connectivity index (χ1n) is 8.23. The molecule has 2 rings (SSSR count). The van der Waals surface area contributed by atoms with Crippen molar-refractivity contribution in [3.63, 3.8) is 0 Å². The van der Waals surface area contributed by atoms with Crippen molar-refractivity contribution in [3.8, 4) is 0 Å². The zero-order valence-corrected chi connectivity index (χ0v) is 13.7. The Balaban J connectivity index is 1.75. The molecular weight excluding hydrogens is 286 g/mol. The molecule has 0 aromatic rings. The van der Waals surface area contributed by atoms with Crippen LogP contribution in [0.4, 0.5) is 4.79 Å². The molecule has 0 spiro atoms. The van der Waals surface area contributed by atoms with Crippen molar-refractivity contribution in [2.24, 2.45) is 0 Å². The molecule has 128 valence electrons. The Labute approximate surface area is 132 Å². The molecule has 2 saturated heterocycles. The molecule has 22 heavy (non-hydrogen) atoms. The van der Waals surface area contributed by atoms with Crippen LogP contribution in [0.5, 0.6) is 0 Å². The van der Waals surface area contributed by atoms with Gasteiger partial charge in [0.1, 0.15) is 6.10 Å². The van der Waals surface area contributed by atoms with Crippen LogP contribution in [0.2, 0.25) is 0 Å². The summed E-state index contributed by atoms with van der Waals surface area (Å²) in [6, 6.07) is -0.476. The molecule has 3 atom stereocenters. The standard InChI is InChI=1S/C15H29N3O4/c1-3-4-5-17(2)10-13-14(19)12(11-22-13)16-15(20)18-6-8-21-9-7-18/h12-14,19H,3-11H2,1-2H3,(H,16,20). The number of urea groups is 1. The van der Waals surface area contributed by atoms with Gasteiger partial charge in [-0.2, -0.15) is 0 Å². The molecule has 2 aliphatic rings. The van der Waals surface area contributed by atoms with Gasteiger partial charge < -0.3 is 29.7 Å². The molecule has 2 fully saturated rings. The lowest BCUT2D eigenvalue weighted by Crippen LogP contribution is -2.53. The van der Waals surface area contributed by atoms with Gasteiger partial charge in [0.15, 0.2) is 0 Å². The number of nitrogens with one attached hydrogen (secondary N) is 1. The van der Waals surface area contributed by atoms with Crippen molar-refractivity contribution >= 4 is 6.03 Å². The summed E-state index contributed by atoms with van der Waals surface area (Å²) in [5, 5.41) is 13.2. The predicted octanol–water partition coefficient (Wildman–Crippen LogP) is -0.112. The average Bonchev–Trinajstić information content (AvgIpc) is 2.87. The summed E-state index contributed by atoms with van der Waals surface area (Å²) < 4.78 is 10.9. The normalized spacial score (nSPS) is 29.1. The second kappa shape index (κ2) is 8.67. The van der Waals surface area contributed by atoms with Gasteiger partial charge in [-0.3, -0.25) is 0 Å². The summed E-state index contributed by atoms with van der Waals surface area (Å²) >= 11 is 0. The lowest BCUT2D eigenvalue weighted by Gasteiger charge is -2.29. The van der Waals surface area contributed by atoms with E-state index in [0.29, 0.717) is 39.5 Å². The fraction of sp³-hybridized carbons (Fsp3) is 0.933. The molecule has 7 nitrogen and oxygen atoms in total.